The fourth-order valence-electron chi connectivity index (χ4n) is 2.95. The van der Waals surface area contributed by atoms with Crippen LogP contribution in [-0.4, -0.2) is 17.3 Å². The summed E-state index contributed by atoms with van der Waals surface area (Å²) < 4.78 is 0.789. The van der Waals surface area contributed by atoms with Crippen LogP contribution in [0.15, 0.2) is 22.7 Å². The average Bonchev–Trinajstić information content (AvgIpc) is 2.39. The Balaban J connectivity index is 2.19. The third-order valence-corrected chi connectivity index (χ3v) is 4.55. The van der Waals surface area contributed by atoms with Gasteiger partial charge in [-0.25, -0.2) is 0 Å². The Bertz CT molecular complexity index is 497. The van der Waals surface area contributed by atoms with E-state index in [-0.39, 0.29) is 12.1 Å². The summed E-state index contributed by atoms with van der Waals surface area (Å²) in [5.74, 6) is 0.634. The van der Waals surface area contributed by atoms with E-state index in [1.807, 2.05) is 12.1 Å². The molecule has 0 heterocycles. The molecule has 0 bridgehead atoms. The standard InChI is InChI=1S/C15H19BrN2O/c1-11-3-2-6-15(8-11,10-19)18-13-5-4-12(9-17)14(16)7-13/h4-5,7,11,18-19H,2-3,6,8,10H2,1H3. The molecule has 0 aliphatic heterocycles. The van der Waals surface area contributed by atoms with Gasteiger partial charge in [-0.3, -0.25) is 0 Å². The summed E-state index contributed by atoms with van der Waals surface area (Å²) in [4.78, 5) is 0. The van der Waals surface area contributed by atoms with Gasteiger partial charge in [-0.15, -0.1) is 0 Å². The van der Waals surface area contributed by atoms with E-state index in [4.69, 9.17) is 5.26 Å². The summed E-state index contributed by atoms with van der Waals surface area (Å²) in [6, 6.07) is 7.74. The van der Waals surface area contributed by atoms with Gasteiger partial charge in [0, 0.05) is 10.2 Å². The Morgan fingerprint density at radius 2 is 2.37 bits per heavy atom. The van der Waals surface area contributed by atoms with Crippen molar-refractivity contribution in [3.8, 4) is 6.07 Å². The van der Waals surface area contributed by atoms with E-state index in [1.54, 1.807) is 6.07 Å². The van der Waals surface area contributed by atoms with Crippen LogP contribution in [0.25, 0.3) is 0 Å². The van der Waals surface area contributed by atoms with Crippen molar-refractivity contribution in [2.24, 2.45) is 5.92 Å². The zero-order valence-corrected chi connectivity index (χ0v) is 12.7. The molecule has 2 unspecified atom stereocenters. The Labute approximate surface area is 122 Å². The molecule has 1 aromatic carbocycles. The highest BCUT2D eigenvalue weighted by Crippen LogP contribution is 2.35. The molecule has 1 aliphatic carbocycles. The molecule has 0 saturated heterocycles. The van der Waals surface area contributed by atoms with Crippen molar-refractivity contribution in [2.45, 2.75) is 38.1 Å². The number of aliphatic hydroxyl groups is 1. The number of nitrogens with zero attached hydrogens (tertiary/aromatic N) is 1. The molecule has 1 saturated carbocycles. The predicted molar refractivity (Wildman–Crippen MR) is 79.9 cm³/mol. The third-order valence-electron chi connectivity index (χ3n) is 3.89. The first-order valence-electron chi connectivity index (χ1n) is 6.67. The van der Waals surface area contributed by atoms with Crippen LogP contribution in [0.4, 0.5) is 5.69 Å². The molecule has 2 rings (SSSR count). The number of nitrogens with one attached hydrogen (secondary N) is 1. The normalized spacial score (nSPS) is 26.7. The Hall–Kier alpha value is -1.05. The van der Waals surface area contributed by atoms with E-state index in [0.29, 0.717) is 11.5 Å². The maximum atomic E-state index is 9.76. The number of hydrogen-bond acceptors (Lipinski definition) is 3. The van der Waals surface area contributed by atoms with Gasteiger partial charge in [0.1, 0.15) is 6.07 Å². The molecular formula is C15H19BrN2O. The lowest BCUT2D eigenvalue weighted by Gasteiger charge is -2.40. The summed E-state index contributed by atoms with van der Waals surface area (Å²) in [6.45, 7) is 2.38. The van der Waals surface area contributed by atoms with Crippen molar-refractivity contribution in [3.05, 3.63) is 28.2 Å². The van der Waals surface area contributed by atoms with Crippen molar-refractivity contribution in [3.63, 3.8) is 0 Å². The average molecular weight is 323 g/mol. The van der Waals surface area contributed by atoms with Crippen LogP contribution in [0.3, 0.4) is 0 Å². The zero-order chi connectivity index (χ0) is 13.9. The van der Waals surface area contributed by atoms with Crippen LogP contribution in [0, 0.1) is 17.2 Å². The van der Waals surface area contributed by atoms with Crippen LogP contribution in [0.5, 0.6) is 0 Å². The zero-order valence-electron chi connectivity index (χ0n) is 11.1. The van der Waals surface area contributed by atoms with E-state index in [0.717, 1.165) is 29.4 Å². The van der Waals surface area contributed by atoms with E-state index in [2.05, 4.69) is 34.2 Å². The summed E-state index contributed by atoms with van der Waals surface area (Å²) in [7, 11) is 0. The lowest BCUT2D eigenvalue weighted by atomic mass is 9.76. The third kappa shape index (κ3) is 3.29. The maximum Gasteiger partial charge on any atom is 0.100 e. The number of hydrogen-bond donors (Lipinski definition) is 2. The fraction of sp³-hybridized carbons (Fsp3) is 0.533. The minimum Gasteiger partial charge on any atom is -0.394 e. The van der Waals surface area contributed by atoms with E-state index in [1.165, 1.54) is 6.42 Å². The van der Waals surface area contributed by atoms with Crippen molar-refractivity contribution in [2.75, 3.05) is 11.9 Å². The molecule has 1 aromatic rings. The quantitative estimate of drug-likeness (QED) is 0.892. The van der Waals surface area contributed by atoms with Crippen LogP contribution >= 0.6 is 15.9 Å². The van der Waals surface area contributed by atoms with E-state index in [9.17, 15) is 5.11 Å². The summed E-state index contributed by atoms with van der Waals surface area (Å²) in [5, 5.41) is 22.2. The molecule has 4 heteroatoms. The second-order valence-electron chi connectivity index (χ2n) is 5.57. The second kappa shape index (κ2) is 5.94. The van der Waals surface area contributed by atoms with E-state index < -0.39 is 0 Å². The summed E-state index contributed by atoms with van der Waals surface area (Å²) in [6.07, 6.45) is 4.36. The fourth-order valence-corrected chi connectivity index (χ4v) is 3.41. The summed E-state index contributed by atoms with van der Waals surface area (Å²) >= 11 is 3.40. The molecule has 1 fully saturated rings. The number of rotatable bonds is 3. The minimum absolute atomic E-state index is 0.148. The number of benzene rings is 1. The molecule has 0 radical (unpaired) electrons. The lowest BCUT2D eigenvalue weighted by Crippen LogP contribution is -2.45. The highest BCUT2D eigenvalue weighted by Gasteiger charge is 2.34. The van der Waals surface area contributed by atoms with Gasteiger partial charge in [-0.1, -0.05) is 19.8 Å². The number of nitriles is 1. The first kappa shape index (κ1) is 14.4. The lowest BCUT2D eigenvalue weighted by molar-refractivity contribution is 0.149. The number of aliphatic hydroxyl groups excluding tert-OH is 1. The van der Waals surface area contributed by atoms with Crippen LogP contribution in [0.2, 0.25) is 0 Å². The monoisotopic (exact) mass is 322 g/mol. The molecular weight excluding hydrogens is 304 g/mol. The minimum atomic E-state index is -0.217. The van der Waals surface area contributed by atoms with Crippen LogP contribution < -0.4 is 5.32 Å². The van der Waals surface area contributed by atoms with Gasteiger partial charge in [0.2, 0.25) is 0 Å². The van der Waals surface area contributed by atoms with Gasteiger partial charge in [0.25, 0.3) is 0 Å². The molecule has 102 valence electrons. The smallest absolute Gasteiger partial charge is 0.100 e. The van der Waals surface area contributed by atoms with Gasteiger partial charge in [0.15, 0.2) is 0 Å². The van der Waals surface area contributed by atoms with E-state index >= 15 is 0 Å². The molecule has 0 amide bonds. The van der Waals surface area contributed by atoms with Gasteiger partial charge < -0.3 is 10.4 Å². The Kier molecular flexibility index (Phi) is 4.49. The molecule has 2 atom stereocenters. The first-order chi connectivity index (χ1) is 9.08. The highest BCUT2D eigenvalue weighted by atomic mass is 79.9. The Morgan fingerprint density at radius 3 is 2.95 bits per heavy atom. The SMILES string of the molecule is CC1CCCC(CO)(Nc2ccc(C#N)c(Br)c2)C1. The van der Waals surface area contributed by atoms with Crippen LogP contribution in [0.1, 0.15) is 38.2 Å². The molecule has 0 aromatic heterocycles. The molecule has 3 nitrogen and oxygen atoms in total. The van der Waals surface area contributed by atoms with Gasteiger partial charge in [-0.05, 0) is 52.9 Å². The van der Waals surface area contributed by atoms with Crippen molar-refractivity contribution in [1.29, 1.82) is 5.26 Å². The first-order valence-corrected chi connectivity index (χ1v) is 7.46. The van der Waals surface area contributed by atoms with Gasteiger partial charge in [0.05, 0.1) is 17.7 Å². The van der Waals surface area contributed by atoms with Crippen molar-refractivity contribution >= 4 is 21.6 Å². The number of halogens is 1. The predicted octanol–water partition coefficient (Wildman–Crippen LogP) is 3.67. The maximum absolute atomic E-state index is 9.76. The summed E-state index contributed by atoms with van der Waals surface area (Å²) in [5.41, 5.74) is 1.36. The van der Waals surface area contributed by atoms with Crippen molar-refractivity contribution < 1.29 is 5.11 Å². The Morgan fingerprint density at radius 1 is 1.58 bits per heavy atom. The van der Waals surface area contributed by atoms with Gasteiger partial charge >= 0.3 is 0 Å². The molecule has 1 aliphatic rings. The molecule has 0 spiro atoms. The van der Waals surface area contributed by atoms with Crippen LogP contribution in [-0.2, 0) is 0 Å². The largest absolute Gasteiger partial charge is 0.394 e. The van der Waals surface area contributed by atoms with Crippen molar-refractivity contribution in [1.82, 2.24) is 0 Å². The second-order valence-corrected chi connectivity index (χ2v) is 6.43. The molecule has 2 N–H and O–H groups in total. The topological polar surface area (TPSA) is 56.0 Å². The number of anilines is 1. The van der Waals surface area contributed by atoms with Gasteiger partial charge in [-0.2, -0.15) is 5.26 Å². The molecule has 19 heavy (non-hydrogen) atoms. The highest BCUT2D eigenvalue weighted by molar-refractivity contribution is 9.10.